The summed E-state index contributed by atoms with van der Waals surface area (Å²) in [4.78, 5) is 27.5. The highest BCUT2D eigenvalue weighted by molar-refractivity contribution is 14.1. The van der Waals surface area contributed by atoms with Crippen molar-refractivity contribution in [3.8, 4) is 5.75 Å². The second kappa shape index (κ2) is 11.3. The van der Waals surface area contributed by atoms with Gasteiger partial charge in [-0.3, -0.25) is 9.59 Å². The number of hydrogen-bond donors (Lipinski definition) is 1. The zero-order chi connectivity index (χ0) is 21.3. The molecule has 0 aliphatic heterocycles. The van der Waals surface area contributed by atoms with Crippen LogP contribution in [0.25, 0.3) is 0 Å². The molecule has 0 spiro atoms. The second-order valence-electron chi connectivity index (χ2n) is 7.73. The molecule has 30 heavy (non-hydrogen) atoms. The SMILES string of the molecule is C[C@H](C(=O)NC1CCCC1)N(CCc1ccccc1)C(=O)COc1ccc(I)cc1. The topological polar surface area (TPSA) is 58.6 Å². The van der Waals surface area contributed by atoms with Crippen LogP contribution in [-0.2, 0) is 16.0 Å². The third-order valence-corrected chi connectivity index (χ3v) is 6.25. The summed E-state index contributed by atoms with van der Waals surface area (Å²) in [6.07, 6.45) is 5.04. The maximum absolute atomic E-state index is 13.0. The van der Waals surface area contributed by atoms with Crippen molar-refractivity contribution in [1.82, 2.24) is 10.2 Å². The van der Waals surface area contributed by atoms with Crippen LogP contribution in [0.5, 0.6) is 5.75 Å². The zero-order valence-electron chi connectivity index (χ0n) is 17.4. The summed E-state index contributed by atoms with van der Waals surface area (Å²) in [5.41, 5.74) is 1.14. The molecule has 0 heterocycles. The van der Waals surface area contributed by atoms with Crippen LogP contribution in [0.2, 0.25) is 0 Å². The van der Waals surface area contributed by atoms with Gasteiger partial charge in [0.15, 0.2) is 6.61 Å². The van der Waals surface area contributed by atoms with Gasteiger partial charge in [-0.2, -0.15) is 0 Å². The molecule has 0 bridgehead atoms. The minimum atomic E-state index is -0.540. The number of amides is 2. The van der Waals surface area contributed by atoms with E-state index in [1.165, 1.54) is 0 Å². The van der Waals surface area contributed by atoms with Crippen LogP contribution in [0.4, 0.5) is 0 Å². The summed E-state index contributed by atoms with van der Waals surface area (Å²) < 4.78 is 6.80. The number of carbonyl (C=O) groups is 2. The van der Waals surface area contributed by atoms with Crippen molar-refractivity contribution in [3.05, 3.63) is 63.7 Å². The minimum absolute atomic E-state index is 0.0856. The summed E-state index contributed by atoms with van der Waals surface area (Å²) in [7, 11) is 0. The predicted molar refractivity (Wildman–Crippen MR) is 126 cm³/mol. The van der Waals surface area contributed by atoms with Crippen molar-refractivity contribution in [1.29, 1.82) is 0 Å². The molecule has 1 atom stereocenters. The lowest BCUT2D eigenvalue weighted by molar-refractivity contribution is -0.141. The van der Waals surface area contributed by atoms with Crippen LogP contribution < -0.4 is 10.1 Å². The molecule has 160 valence electrons. The van der Waals surface area contributed by atoms with Crippen molar-refractivity contribution in [3.63, 3.8) is 0 Å². The van der Waals surface area contributed by atoms with E-state index >= 15 is 0 Å². The van der Waals surface area contributed by atoms with E-state index in [1.54, 1.807) is 11.8 Å². The number of ether oxygens (including phenoxy) is 1. The van der Waals surface area contributed by atoms with Gasteiger partial charge in [0, 0.05) is 16.2 Å². The normalized spacial score (nSPS) is 14.9. The first-order valence-electron chi connectivity index (χ1n) is 10.5. The predicted octanol–water partition coefficient (Wildman–Crippen LogP) is 4.19. The Morgan fingerprint density at radius 1 is 1.10 bits per heavy atom. The van der Waals surface area contributed by atoms with Gasteiger partial charge in [-0.05, 0) is 78.6 Å². The van der Waals surface area contributed by atoms with Crippen LogP contribution in [0.15, 0.2) is 54.6 Å². The molecule has 0 aromatic heterocycles. The maximum atomic E-state index is 13.0. The second-order valence-corrected chi connectivity index (χ2v) is 8.98. The van der Waals surface area contributed by atoms with E-state index in [2.05, 4.69) is 27.9 Å². The molecule has 1 fully saturated rings. The summed E-state index contributed by atoms with van der Waals surface area (Å²) in [6.45, 7) is 2.19. The van der Waals surface area contributed by atoms with Crippen LogP contribution in [0, 0.1) is 3.57 Å². The van der Waals surface area contributed by atoms with Crippen molar-refractivity contribution < 1.29 is 14.3 Å². The fraction of sp³-hybridized carbons (Fsp3) is 0.417. The highest BCUT2D eigenvalue weighted by Crippen LogP contribution is 2.18. The van der Waals surface area contributed by atoms with E-state index in [0.29, 0.717) is 18.7 Å². The lowest BCUT2D eigenvalue weighted by Crippen LogP contribution is -2.51. The average molecular weight is 520 g/mol. The van der Waals surface area contributed by atoms with Crippen LogP contribution in [0.3, 0.4) is 0 Å². The lowest BCUT2D eigenvalue weighted by Gasteiger charge is -2.29. The third-order valence-electron chi connectivity index (χ3n) is 5.53. The zero-order valence-corrected chi connectivity index (χ0v) is 19.5. The Balaban J connectivity index is 1.64. The summed E-state index contributed by atoms with van der Waals surface area (Å²) in [6, 6.07) is 17.3. The van der Waals surface area contributed by atoms with Gasteiger partial charge >= 0.3 is 0 Å². The van der Waals surface area contributed by atoms with E-state index < -0.39 is 6.04 Å². The van der Waals surface area contributed by atoms with Gasteiger partial charge in [0.25, 0.3) is 5.91 Å². The van der Waals surface area contributed by atoms with E-state index in [9.17, 15) is 9.59 Å². The number of rotatable bonds is 9. The van der Waals surface area contributed by atoms with E-state index in [4.69, 9.17) is 4.74 Å². The Morgan fingerprint density at radius 3 is 2.43 bits per heavy atom. The molecule has 1 aliphatic rings. The van der Waals surface area contributed by atoms with Crippen molar-refractivity contribution in [2.75, 3.05) is 13.2 Å². The van der Waals surface area contributed by atoms with Gasteiger partial charge in [0.2, 0.25) is 5.91 Å². The van der Waals surface area contributed by atoms with Gasteiger partial charge in [-0.25, -0.2) is 0 Å². The summed E-state index contributed by atoms with van der Waals surface area (Å²) in [5, 5.41) is 3.12. The molecule has 2 aromatic carbocycles. The van der Waals surface area contributed by atoms with E-state index in [-0.39, 0.29) is 24.5 Å². The van der Waals surface area contributed by atoms with Crippen molar-refractivity contribution in [2.45, 2.75) is 51.1 Å². The number of hydrogen-bond acceptors (Lipinski definition) is 3. The Bertz CT molecular complexity index is 820. The molecule has 1 saturated carbocycles. The van der Waals surface area contributed by atoms with Gasteiger partial charge < -0.3 is 15.0 Å². The molecular weight excluding hydrogens is 491 g/mol. The fourth-order valence-electron chi connectivity index (χ4n) is 3.72. The van der Waals surface area contributed by atoms with Gasteiger partial charge in [0.1, 0.15) is 11.8 Å². The number of benzene rings is 2. The number of halogens is 1. The molecule has 1 N–H and O–H groups in total. The molecule has 2 amide bonds. The molecule has 1 aliphatic carbocycles. The Morgan fingerprint density at radius 2 is 1.77 bits per heavy atom. The van der Waals surface area contributed by atoms with E-state index in [1.807, 2.05) is 54.6 Å². The molecule has 6 heteroatoms. The van der Waals surface area contributed by atoms with Crippen molar-refractivity contribution in [2.24, 2.45) is 0 Å². The number of nitrogens with zero attached hydrogens (tertiary/aromatic N) is 1. The number of nitrogens with one attached hydrogen (secondary N) is 1. The molecular formula is C24H29IN2O3. The molecule has 2 aromatic rings. The standard InChI is InChI=1S/C24H29IN2O3/c1-18(24(29)26-21-9-5-6-10-21)27(16-15-19-7-3-2-4-8-19)23(28)17-30-22-13-11-20(25)12-14-22/h2-4,7-8,11-14,18,21H,5-6,9-10,15-17H2,1H3,(H,26,29)/t18-/m1/s1. The van der Waals surface area contributed by atoms with Gasteiger partial charge in [-0.1, -0.05) is 43.2 Å². The Kier molecular flexibility index (Phi) is 8.54. The first-order valence-corrected chi connectivity index (χ1v) is 11.6. The number of carbonyl (C=O) groups excluding carboxylic acids is 2. The van der Waals surface area contributed by atoms with Crippen LogP contribution >= 0.6 is 22.6 Å². The molecule has 3 rings (SSSR count). The molecule has 5 nitrogen and oxygen atoms in total. The quantitative estimate of drug-likeness (QED) is 0.505. The first-order chi connectivity index (χ1) is 14.5. The Labute approximate surface area is 192 Å². The van der Waals surface area contributed by atoms with Gasteiger partial charge in [-0.15, -0.1) is 0 Å². The lowest BCUT2D eigenvalue weighted by atomic mass is 10.1. The molecule has 0 unspecified atom stereocenters. The molecule has 0 radical (unpaired) electrons. The first kappa shape index (κ1) is 22.6. The summed E-state index contributed by atoms with van der Waals surface area (Å²) >= 11 is 2.23. The van der Waals surface area contributed by atoms with Crippen molar-refractivity contribution >= 4 is 34.4 Å². The highest BCUT2D eigenvalue weighted by Gasteiger charge is 2.28. The van der Waals surface area contributed by atoms with Crippen LogP contribution in [-0.4, -0.2) is 41.9 Å². The summed E-state index contributed by atoms with van der Waals surface area (Å²) in [5.74, 6) is 0.381. The Hall–Kier alpha value is -2.09. The smallest absolute Gasteiger partial charge is 0.261 e. The van der Waals surface area contributed by atoms with Crippen LogP contribution in [0.1, 0.15) is 38.2 Å². The largest absolute Gasteiger partial charge is 0.484 e. The minimum Gasteiger partial charge on any atom is -0.484 e. The van der Waals surface area contributed by atoms with E-state index in [0.717, 1.165) is 34.8 Å². The fourth-order valence-corrected chi connectivity index (χ4v) is 4.08. The maximum Gasteiger partial charge on any atom is 0.261 e. The molecule has 0 saturated heterocycles. The van der Waals surface area contributed by atoms with Gasteiger partial charge in [0.05, 0.1) is 0 Å². The third kappa shape index (κ3) is 6.72. The highest BCUT2D eigenvalue weighted by atomic mass is 127. The monoisotopic (exact) mass is 520 g/mol. The average Bonchev–Trinajstić information content (AvgIpc) is 3.27.